The molecule has 15 heavy (non-hydrogen) atoms. The normalized spacial score (nSPS) is 13.0. The number of aromatic nitrogens is 4. The van der Waals surface area contributed by atoms with E-state index < -0.39 is 0 Å². The number of aryl methyl sites for hydroxylation is 1. The van der Waals surface area contributed by atoms with Crippen LogP contribution in [0, 0.1) is 0 Å². The Bertz CT molecular complexity index is 278. The zero-order valence-electron chi connectivity index (χ0n) is 9.09. The average Bonchev–Trinajstić information content (AvgIpc) is 2.59. The summed E-state index contributed by atoms with van der Waals surface area (Å²) in [6, 6.07) is -0.106. The van der Waals surface area contributed by atoms with Crippen molar-refractivity contribution in [2.24, 2.45) is 12.8 Å². The van der Waals surface area contributed by atoms with Crippen molar-refractivity contribution in [3.8, 4) is 0 Å². The number of ether oxygens (including phenoxy) is 2. The van der Waals surface area contributed by atoms with Gasteiger partial charge in [-0.1, -0.05) is 0 Å². The third-order valence-electron chi connectivity index (χ3n) is 1.76. The smallest absolute Gasteiger partial charge is 0.176 e. The van der Waals surface area contributed by atoms with Crippen molar-refractivity contribution in [3.05, 3.63) is 5.82 Å². The molecule has 0 spiro atoms. The summed E-state index contributed by atoms with van der Waals surface area (Å²) >= 11 is 0. The average molecular weight is 215 g/mol. The highest BCUT2D eigenvalue weighted by Gasteiger charge is 2.08. The lowest BCUT2D eigenvalue weighted by molar-refractivity contribution is 0.0635. The molecule has 1 aromatic rings. The molecule has 1 aromatic heterocycles. The highest BCUT2D eigenvalue weighted by molar-refractivity contribution is 4.82. The van der Waals surface area contributed by atoms with Crippen LogP contribution in [0.5, 0.6) is 0 Å². The van der Waals surface area contributed by atoms with Gasteiger partial charge in [-0.2, -0.15) is 4.80 Å². The van der Waals surface area contributed by atoms with E-state index >= 15 is 0 Å². The molecule has 0 saturated carbocycles. The Morgan fingerprint density at radius 2 is 2.27 bits per heavy atom. The summed E-state index contributed by atoms with van der Waals surface area (Å²) in [5.41, 5.74) is 5.81. The number of hydrogen-bond acceptors (Lipinski definition) is 6. The summed E-state index contributed by atoms with van der Waals surface area (Å²) in [5.74, 6) is 0.639. The number of tetrazole rings is 1. The molecule has 1 atom stereocenters. The predicted octanol–water partition coefficient (Wildman–Crippen LogP) is -1.26. The second-order valence-electron chi connectivity index (χ2n) is 3.23. The van der Waals surface area contributed by atoms with Crippen molar-refractivity contribution in [2.75, 3.05) is 26.9 Å². The summed E-state index contributed by atoms with van der Waals surface area (Å²) in [4.78, 5) is 1.41. The SMILES string of the molecule is COCCOCC(N)Cc1nnn(C)n1. The minimum Gasteiger partial charge on any atom is -0.382 e. The zero-order valence-corrected chi connectivity index (χ0v) is 9.09. The maximum atomic E-state index is 5.81. The minimum absolute atomic E-state index is 0.106. The number of nitrogens with two attached hydrogens (primary N) is 1. The quantitative estimate of drug-likeness (QED) is 0.571. The van der Waals surface area contributed by atoms with Crippen LogP contribution < -0.4 is 5.73 Å². The molecule has 86 valence electrons. The van der Waals surface area contributed by atoms with Crippen LogP contribution in [0.2, 0.25) is 0 Å². The van der Waals surface area contributed by atoms with Crippen molar-refractivity contribution in [1.29, 1.82) is 0 Å². The summed E-state index contributed by atoms with van der Waals surface area (Å²) < 4.78 is 10.1. The molecule has 0 aliphatic carbocycles. The minimum atomic E-state index is -0.106. The first-order valence-electron chi connectivity index (χ1n) is 4.77. The second-order valence-corrected chi connectivity index (χ2v) is 3.23. The molecule has 0 bridgehead atoms. The first-order chi connectivity index (χ1) is 7.22. The number of nitrogens with zero attached hydrogens (tertiary/aromatic N) is 4. The van der Waals surface area contributed by atoms with Crippen molar-refractivity contribution in [3.63, 3.8) is 0 Å². The van der Waals surface area contributed by atoms with Crippen molar-refractivity contribution >= 4 is 0 Å². The number of rotatable bonds is 7. The molecule has 0 amide bonds. The van der Waals surface area contributed by atoms with E-state index in [-0.39, 0.29) is 6.04 Å². The number of methoxy groups -OCH3 is 1. The first kappa shape index (κ1) is 12.0. The van der Waals surface area contributed by atoms with E-state index in [0.717, 1.165) is 0 Å². The lowest BCUT2D eigenvalue weighted by atomic mass is 10.2. The molecule has 7 heteroatoms. The first-order valence-corrected chi connectivity index (χ1v) is 4.77. The van der Waals surface area contributed by atoms with Crippen LogP contribution in [0.1, 0.15) is 5.82 Å². The lowest BCUT2D eigenvalue weighted by Gasteiger charge is -2.09. The third-order valence-corrected chi connectivity index (χ3v) is 1.76. The second kappa shape index (κ2) is 6.44. The molecular formula is C8H17N5O2. The fourth-order valence-electron chi connectivity index (χ4n) is 1.08. The third kappa shape index (κ3) is 4.82. The maximum absolute atomic E-state index is 5.81. The van der Waals surface area contributed by atoms with E-state index in [2.05, 4.69) is 15.4 Å². The summed E-state index contributed by atoms with van der Waals surface area (Å²) in [6.07, 6.45) is 0.570. The van der Waals surface area contributed by atoms with Gasteiger partial charge in [-0.3, -0.25) is 0 Å². The van der Waals surface area contributed by atoms with Gasteiger partial charge in [0, 0.05) is 19.6 Å². The van der Waals surface area contributed by atoms with Gasteiger partial charge in [-0.15, -0.1) is 10.2 Å². The fraction of sp³-hybridized carbons (Fsp3) is 0.875. The largest absolute Gasteiger partial charge is 0.382 e. The van der Waals surface area contributed by atoms with Gasteiger partial charge in [0.1, 0.15) is 0 Å². The van der Waals surface area contributed by atoms with Crippen LogP contribution in [0.4, 0.5) is 0 Å². The van der Waals surface area contributed by atoms with Gasteiger partial charge < -0.3 is 15.2 Å². The van der Waals surface area contributed by atoms with E-state index in [9.17, 15) is 0 Å². The highest BCUT2D eigenvalue weighted by atomic mass is 16.5. The van der Waals surface area contributed by atoms with Crippen LogP contribution >= 0.6 is 0 Å². The summed E-state index contributed by atoms with van der Waals surface area (Å²) in [7, 11) is 3.35. The number of hydrogen-bond donors (Lipinski definition) is 1. The Hall–Kier alpha value is -1.05. The van der Waals surface area contributed by atoms with Gasteiger partial charge in [0.2, 0.25) is 0 Å². The van der Waals surface area contributed by atoms with Crippen molar-refractivity contribution in [2.45, 2.75) is 12.5 Å². The topological polar surface area (TPSA) is 88.1 Å². The van der Waals surface area contributed by atoms with Gasteiger partial charge in [-0.25, -0.2) is 0 Å². The molecule has 1 unspecified atom stereocenters. The highest BCUT2D eigenvalue weighted by Crippen LogP contribution is 1.93. The fourth-order valence-corrected chi connectivity index (χ4v) is 1.08. The van der Waals surface area contributed by atoms with E-state index in [1.54, 1.807) is 14.2 Å². The van der Waals surface area contributed by atoms with Crippen LogP contribution in [0.15, 0.2) is 0 Å². The standard InChI is InChI=1S/C8H17N5O2/c1-13-11-8(10-12-13)5-7(9)6-15-4-3-14-2/h7H,3-6,9H2,1-2H3. The summed E-state index contributed by atoms with van der Waals surface area (Å²) in [6.45, 7) is 1.61. The van der Waals surface area contributed by atoms with Gasteiger partial charge in [0.05, 0.1) is 26.9 Å². The van der Waals surface area contributed by atoms with Crippen LogP contribution in [-0.2, 0) is 22.9 Å². The molecule has 0 aliphatic rings. The summed E-state index contributed by atoms with van der Waals surface area (Å²) in [5, 5.41) is 11.6. The molecule has 0 radical (unpaired) electrons. The lowest BCUT2D eigenvalue weighted by Crippen LogP contribution is -2.29. The molecular weight excluding hydrogens is 198 g/mol. The van der Waals surface area contributed by atoms with Crippen LogP contribution in [-0.4, -0.2) is 53.2 Å². The molecule has 0 saturated heterocycles. The molecule has 0 fully saturated rings. The van der Waals surface area contributed by atoms with Gasteiger partial charge in [-0.05, 0) is 5.21 Å². The molecule has 1 heterocycles. The van der Waals surface area contributed by atoms with Gasteiger partial charge in [0.15, 0.2) is 5.82 Å². The maximum Gasteiger partial charge on any atom is 0.176 e. The van der Waals surface area contributed by atoms with E-state index in [4.69, 9.17) is 15.2 Å². The Kier molecular flexibility index (Phi) is 5.16. The molecule has 2 N–H and O–H groups in total. The molecule has 0 aromatic carbocycles. The Morgan fingerprint density at radius 1 is 1.47 bits per heavy atom. The molecule has 7 nitrogen and oxygen atoms in total. The molecule has 0 aliphatic heterocycles. The van der Waals surface area contributed by atoms with E-state index in [1.807, 2.05) is 0 Å². The van der Waals surface area contributed by atoms with E-state index in [1.165, 1.54) is 4.80 Å². The van der Waals surface area contributed by atoms with Crippen molar-refractivity contribution < 1.29 is 9.47 Å². The van der Waals surface area contributed by atoms with Crippen LogP contribution in [0.25, 0.3) is 0 Å². The van der Waals surface area contributed by atoms with Gasteiger partial charge in [0.25, 0.3) is 0 Å². The Labute approximate surface area is 88.5 Å². The molecule has 1 rings (SSSR count). The Morgan fingerprint density at radius 3 is 2.87 bits per heavy atom. The zero-order chi connectivity index (χ0) is 11.1. The monoisotopic (exact) mass is 215 g/mol. The Balaban J connectivity index is 2.15. The van der Waals surface area contributed by atoms with Crippen molar-refractivity contribution in [1.82, 2.24) is 20.2 Å². The predicted molar refractivity (Wildman–Crippen MR) is 53.2 cm³/mol. The van der Waals surface area contributed by atoms with E-state index in [0.29, 0.717) is 32.1 Å². The van der Waals surface area contributed by atoms with Crippen LogP contribution in [0.3, 0.4) is 0 Å². The van der Waals surface area contributed by atoms with Gasteiger partial charge >= 0.3 is 0 Å².